The van der Waals surface area contributed by atoms with Crippen molar-refractivity contribution in [3.8, 4) is 22.6 Å². The van der Waals surface area contributed by atoms with Crippen molar-refractivity contribution in [1.82, 2.24) is 9.62 Å². The standard InChI is InChI=1S/C24H26N2O4S/c1-26(2)17-18-7-9-19(10-8-18)22-6-4-3-5-20(22)16-25-31(27,28)21-11-12-23-24(15-21)30-14-13-29-23/h3-12,15,25H,13-14,16-17H2,1-2H3. The van der Waals surface area contributed by atoms with Crippen LogP contribution in [-0.2, 0) is 23.1 Å². The van der Waals surface area contributed by atoms with Gasteiger partial charge in [0.2, 0.25) is 10.0 Å². The molecule has 1 aliphatic rings. The summed E-state index contributed by atoms with van der Waals surface area (Å²) < 4.78 is 39.4. The van der Waals surface area contributed by atoms with Gasteiger partial charge in [-0.1, -0.05) is 48.5 Å². The largest absolute Gasteiger partial charge is 0.486 e. The van der Waals surface area contributed by atoms with Crippen molar-refractivity contribution in [2.75, 3.05) is 27.3 Å². The second-order valence-electron chi connectivity index (χ2n) is 7.72. The van der Waals surface area contributed by atoms with Crippen LogP contribution in [0.3, 0.4) is 0 Å². The molecule has 0 aromatic heterocycles. The molecule has 3 aromatic rings. The van der Waals surface area contributed by atoms with Crippen molar-refractivity contribution < 1.29 is 17.9 Å². The number of ether oxygens (including phenoxy) is 2. The van der Waals surface area contributed by atoms with Crippen LogP contribution < -0.4 is 14.2 Å². The number of fused-ring (bicyclic) bond motifs is 1. The van der Waals surface area contributed by atoms with E-state index in [2.05, 4.69) is 33.9 Å². The first-order valence-electron chi connectivity index (χ1n) is 10.1. The van der Waals surface area contributed by atoms with Gasteiger partial charge in [0.15, 0.2) is 11.5 Å². The summed E-state index contributed by atoms with van der Waals surface area (Å²) in [5.74, 6) is 1.01. The van der Waals surface area contributed by atoms with E-state index in [9.17, 15) is 8.42 Å². The minimum Gasteiger partial charge on any atom is -0.486 e. The molecule has 0 radical (unpaired) electrons. The van der Waals surface area contributed by atoms with Crippen LogP contribution in [0.15, 0.2) is 71.6 Å². The Morgan fingerprint density at radius 1 is 0.903 bits per heavy atom. The lowest BCUT2D eigenvalue weighted by Crippen LogP contribution is -2.24. The maximum absolute atomic E-state index is 12.9. The molecule has 0 aliphatic carbocycles. The quantitative estimate of drug-likeness (QED) is 0.610. The molecular formula is C24H26N2O4S. The van der Waals surface area contributed by atoms with E-state index in [4.69, 9.17) is 9.47 Å². The van der Waals surface area contributed by atoms with Crippen LogP contribution in [0.5, 0.6) is 11.5 Å². The second kappa shape index (κ2) is 9.09. The van der Waals surface area contributed by atoms with Crippen molar-refractivity contribution in [3.05, 3.63) is 77.9 Å². The smallest absolute Gasteiger partial charge is 0.241 e. The second-order valence-corrected chi connectivity index (χ2v) is 9.49. The summed E-state index contributed by atoms with van der Waals surface area (Å²) in [7, 11) is 0.375. The van der Waals surface area contributed by atoms with Gasteiger partial charge >= 0.3 is 0 Å². The molecule has 3 aromatic carbocycles. The average molecular weight is 439 g/mol. The van der Waals surface area contributed by atoms with E-state index in [1.165, 1.54) is 17.7 Å². The highest BCUT2D eigenvalue weighted by Crippen LogP contribution is 2.32. The van der Waals surface area contributed by atoms with Gasteiger partial charge < -0.3 is 14.4 Å². The molecule has 0 unspecified atom stereocenters. The fourth-order valence-electron chi connectivity index (χ4n) is 3.56. The van der Waals surface area contributed by atoms with E-state index in [-0.39, 0.29) is 11.4 Å². The maximum atomic E-state index is 12.9. The predicted octanol–water partition coefficient (Wildman–Crippen LogP) is 3.66. The molecule has 0 saturated carbocycles. The molecule has 0 saturated heterocycles. The number of hydrogen-bond donors (Lipinski definition) is 1. The van der Waals surface area contributed by atoms with E-state index in [0.29, 0.717) is 24.7 Å². The third kappa shape index (κ3) is 5.07. The van der Waals surface area contributed by atoms with Crippen LogP contribution in [0.2, 0.25) is 0 Å². The minimum atomic E-state index is -3.70. The van der Waals surface area contributed by atoms with Crippen molar-refractivity contribution in [2.24, 2.45) is 0 Å². The number of nitrogens with zero attached hydrogens (tertiary/aromatic N) is 1. The zero-order valence-corrected chi connectivity index (χ0v) is 18.5. The van der Waals surface area contributed by atoms with Crippen molar-refractivity contribution in [2.45, 2.75) is 18.0 Å². The van der Waals surface area contributed by atoms with Gasteiger partial charge in [-0.15, -0.1) is 0 Å². The van der Waals surface area contributed by atoms with E-state index in [1.54, 1.807) is 6.07 Å². The van der Waals surface area contributed by atoms with Crippen LogP contribution in [0, 0.1) is 0 Å². The van der Waals surface area contributed by atoms with Crippen LogP contribution in [0.25, 0.3) is 11.1 Å². The maximum Gasteiger partial charge on any atom is 0.241 e. The fraction of sp³-hybridized carbons (Fsp3) is 0.250. The molecule has 1 heterocycles. The van der Waals surface area contributed by atoms with Gasteiger partial charge in [0, 0.05) is 19.2 Å². The lowest BCUT2D eigenvalue weighted by Gasteiger charge is -2.19. The molecule has 7 heteroatoms. The Kier molecular flexibility index (Phi) is 6.27. The van der Waals surface area contributed by atoms with E-state index in [1.807, 2.05) is 38.4 Å². The molecule has 31 heavy (non-hydrogen) atoms. The normalized spacial score (nSPS) is 13.4. The lowest BCUT2D eigenvalue weighted by atomic mass is 9.99. The van der Waals surface area contributed by atoms with Crippen LogP contribution >= 0.6 is 0 Å². The highest BCUT2D eigenvalue weighted by atomic mass is 32.2. The molecule has 162 valence electrons. The van der Waals surface area contributed by atoms with Crippen molar-refractivity contribution in [1.29, 1.82) is 0 Å². The molecule has 0 amide bonds. The summed E-state index contributed by atoms with van der Waals surface area (Å²) in [5, 5.41) is 0. The third-order valence-corrected chi connectivity index (χ3v) is 6.46. The van der Waals surface area contributed by atoms with E-state index in [0.717, 1.165) is 23.2 Å². The topological polar surface area (TPSA) is 67.9 Å². The lowest BCUT2D eigenvalue weighted by molar-refractivity contribution is 0.171. The molecule has 0 bridgehead atoms. The van der Waals surface area contributed by atoms with E-state index >= 15 is 0 Å². The summed E-state index contributed by atoms with van der Waals surface area (Å²) in [6, 6.07) is 20.9. The Bertz CT molecular complexity index is 1160. The number of rotatable bonds is 7. The van der Waals surface area contributed by atoms with Gasteiger partial charge in [0.25, 0.3) is 0 Å². The zero-order chi connectivity index (χ0) is 21.8. The van der Waals surface area contributed by atoms with Crippen LogP contribution in [0.4, 0.5) is 0 Å². The predicted molar refractivity (Wildman–Crippen MR) is 121 cm³/mol. The Morgan fingerprint density at radius 2 is 1.61 bits per heavy atom. The van der Waals surface area contributed by atoms with Crippen molar-refractivity contribution in [3.63, 3.8) is 0 Å². The molecule has 1 N–H and O–H groups in total. The molecule has 4 rings (SSSR count). The molecule has 0 spiro atoms. The zero-order valence-electron chi connectivity index (χ0n) is 17.7. The van der Waals surface area contributed by atoms with Crippen LogP contribution in [0.1, 0.15) is 11.1 Å². The molecule has 1 aliphatic heterocycles. The summed E-state index contributed by atoms with van der Waals surface area (Å²) in [6.07, 6.45) is 0. The Labute approximate surface area is 183 Å². The summed E-state index contributed by atoms with van der Waals surface area (Å²) in [6.45, 7) is 1.93. The number of nitrogens with one attached hydrogen (secondary N) is 1. The first kappa shape index (κ1) is 21.4. The molecule has 0 fully saturated rings. The van der Waals surface area contributed by atoms with Crippen molar-refractivity contribution >= 4 is 10.0 Å². The highest BCUT2D eigenvalue weighted by molar-refractivity contribution is 7.89. The minimum absolute atomic E-state index is 0.155. The Hall–Kier alpha value is -2.87. The summed E-state index contributed by atoms with van der Waals surface area (Å²) in [4.78, 5) is 2.28. The van der Waals surface area contributed by atoms with Gasteiger partial charge in [0.1, 0.15) is 13.2 Å². The van der Waals surface area contributed by atoms with Gasteiger partial charge in [-0.3, -0.25) is 0 Å². The number of benzene rings is 3. The molecule has 6 nitrogen and oxygen atoms in total. The van der Waals surface area contributed by atoms with Gasteiger partial charge in [-0.2, -0.15) is 0 Å². The number of sulfonamides is 1. The third-order valence-electron chi connectivity index (χ3n) is 5.06. The molecular weight excluding hydrogens is 412 g/mol. The summed E-state index contributed by atoms with van der Waals surface area (Å²) in [5.41, 5.74) is 4.19. The first-order valence-corrected chi connectivity index (χ1v) is 11.6. The number of hydrogen-bond acceptors (Lipinski definition) is 5. The monoisotopic (exact) mass is 438 g/mol. The van der Waals surface area contributed by atoms with E-state index < -0.39 is 10.0 Å². The first-order chi connectivity index (χ1) is 14.9. The van der Waals surface area contributed by atoms with Gasteiger partial charge in [-0.25, -0.2) is 13.1 Å². The van der Waals surface area contributed by atoms with Gasteiger partial charge in [0.05, 0.1) is 4.90 Å². The Morgan fingerprint density at radius 3 is 2.35 bits per heavy atom. The fourth-order valence-corrected chi connectivity index (χ4v) is 4.58. The van der Waals surface area contributed by atoms with Crippen LogP contribution in [-0.4, -0.2) is 40.6 Å². The summed E-state index contributed by atoms with van der Waals surface area (Å²) >= 11 is 0. The highest BCUT2D eigenvalue weighted by Gasteiger charge is 2.19. The van der Waals surface area contributed by atoms with Gasteiger partial charge in [-0.05, 0) is 48.5 Å². The average Bonchev–Trinajstić information content (AvgIpc) is 2.78. The molecule has 0 atom stereocenters. The SMILES string of the molecule is CN(C)Cc1ccc(-c2ccccc2CNS(=O)(=O)c2ccc3c(c2)OCCO3)cc1. The Balaban J connectivity index is 1.53.